The Kier molecular flexibility index (Phi) is 9.65. The highest BCUT2D eigenvalue weighted by Gasteiger charge is 2.32. The molecular formula is C22H36IN5O. The van der Waals surface area contributed by atoms with E-state index in [4.69, 9.17) is 0 Å². The molecule has 0 spiro atoms. The molecule has 2 heterocycles. The molecule has 162 valence electrons. The van der Waals surface area contributed by atoms with Crippen LogP contribution in [0.5, 0.6) is 0 Å². The average Bonchev–Trinajstić information content (AvgIpc) is 3.39. The van der Waals surface area contributed by atoms with Crippen molar-refractivity contribution < 1.29 is 4.79 Å². The van der Waals surface area contributed by atoms with Crippen LogP contribution in [-0.2, 0) is 4.79 Å². The Labute approximate surface area is 192 Å². The molecule has 2 fully saturated rings. The lowest BCUT2D eigenvalue weighted by Crippen LogP contribution is -2.46. The molecular weight excluding hydrogens is 477 g/mol. The second-order valence-corrected chi connectivity index (χ2v) is 8.49. The number of hydrogen-bond acceptors (Lipinski definition) is 3. The molecule has 3 rings (SSSR count). The first-order valence-corrected chi connectivity index (χ1v) is 10.7. The second-order valence-electron chi connectivity index (χ2n) is 8.49. The third kappa shape index (κ3) is 6.55. The van der Waals surface area contributed by atoms with Crippen molar-refractivity contribution in [2.75, 3.05) is 26.7 Å². The topological polar surface area (TPSA) is 69.6 Å². The quantitative estimate of drug-likeness (QED) is 0.348. The van der Waals surface area contributed by atoms with Gasteiger partial charge < -0.3 is 15.5 Å². The summed E-state index contributed by atoms with van der Waals surface area (Å²) in [6, 6.07) is 4.40. The van der Waals surface area contributed by atoms with E-state index < -0.39 is 0 Å². The van der Waals surface area contributed by atoms with Crippen molar-refractivity contribution in [2.24, 2.45) is 16.8 Å². The summed E-state index contributed by atoms with van der Waals surface area (Å²) in [4.78, 5) is 23.4. The number of halogens is 1. The van der Waals surface area contributed by atoms with Gasteiger partial charge >= 0.3 is 0 Å². The van der Waals surface area contributed by atoms with Crippen LogP contribution in [0.4, 0.5) is 0 Å². The molecule has 1 aromatic rings. The molecule has 2 aliphatic rings. The molecule has 0 aromatic carbocycles. The second kappa shape index (κ2) is 11.7. The van der Waals surface area contributed by atoms with Gasteiger partial charge in [-0.25, -0.2) is 0 Å². The number of aliphatic imine (C=N–C) groups is 1. The Morgan fingerprint density at radius 3 is 2.69 bits per heavy atom. The fraction of sp³-hybridized carbons (Fsp3) is 0.682. The number of carbonyl (C=O) groups excluding carboxylic acids is 1. The largest absolute Gasteiger partial charge is 0.356 e. The van der Waals surface area contributed by atoms with E-state index in [2.05, 4.69) is 40.5 Å². The van der Waals surface area contributed by atoms with Crippen LogP contribution in [-0.4, -0.2) is 54.5 Å². The zero-order chi connectivity index (χ0) is 19.9. The summed E-state index contributed by atoms with van der Waals surface area (Å²) in [5.74, 6) is 2.32. The van der Waals surface area contributed by atoms with E-state index in [0.29, 0.717) is 17.7 Å². The lowest BCUT2D eigenvalue weighted by Gasteiger charge is -2.24. The molecule has 1 aromatic heterocycles. The first kappa shape index (κ1) is 23.9. The molecule has 7 heteroatoms. The third-order valence-electron chi connectivity index (χ3n) is 6.18. The van der Waals surface area contributed by atoms with Crippen molar-refractivity contribution in [3.63, 3.8) is 0 Å². The van der Waals surface area contributed by atoms with E-state index in [1.54, 1.807) is 7.05 Å². The summed E-state index contributed by atoms with van der Waals surface area (Å²) >= 11 is 0. The first-order chi connectivity index (χ1) is 13.6. The SMILES string of the molecule is CN=C(NCC(c1cccnc1)C(C)C)NC1CCN(C(=O)C2CCCC2)C1.I. The standard InChI is InChI=1S/C22H35N5O.HI/c1-16(2)20(18-9-6-11-24-13-18)14-25-22(23-3)26-19-10-12-27(15-19)21(28)17-7-4-5-8-17;/h6,9,11,13,16-17,19-20H,4-5,7-8,10,12,14-15H2,1-3H3,(H2,23,25,26);1H. The third-order valence-corrected chi connectivity index (χ3v) is 6.18. The van der Waals surface area contributed by atoms with Gasteiger partial charge in [-0.05, 0) is 36.8 Å². The van der Waals surface area contributed by atoms with Crippen molar-refractivity contribution in [1.29, 1.82) is 0 Å². The zero-order valence-corrected chi connectivity index (χ0v) is 20.3. The van der Waals surface area contributed by atoms with E-state index in [9.17, 15) is 4.79 Å². The molecule has 1 amide bonds. The van der Waals surface area contributed by atoms with Crippen LogP contribution in [0.2, 0.25) is 0 Å². The Morgan fingerprint density at radius 2 is 2.07 bits per heavy atom. The number of amides is 1. The van der Waals surface area contributed by atoms with Crippen molar-refractivity contribution in [3.8, 4) is 0 Å². The highest BCUT2D eigenvalue weighted by Crippen LogP contribution is 2.28. The van der Waals surface area contributed by atoms with Crippen molar-refractivity contribution in [1.82, 2.24) is 20.5 Å². The summed E-state index contributed by atoms with van der Waals surface area (Å²) in [6.07, 6.45) is 9.30. The van der Waals surface area contributed by atoms with Gasteiger partial charge in [0.25, 0.3) is 0 Å². The summed E-state index contributed by atoms with van der Waals surface area (Å²) in [7, 11) is 1.81. The molecule has 1 aliphatic heterocycles. The number of nitrogens with one attached hydrogen (secondary N) is 2. The Balaban J connectivity index is 0.00000300. The van der Waals surface area contributed by atoms with Gasteiger partial charge in [0.05, 0.1) is 0 Å². The maximum atomic E-state index is 12.6. The minimum absolute atomic E-state index is 0. The van der Waals surface area contributed by atoms with Crippen molar-refractivity contribution >= 4 is 35.8 Å². The molecule has 1 aliphatic carbocycles. The number of nitrogens with zero attached hydrogens (tertiary/aromatic N) is 3. The van der Waals surface area contributed by atoms with Gasteiger partial charge in [0, 0.05) is 57.0 Å². The predicted molar refractivity (Wildman–Crippen MR) is 129 cm³/mol. The number of aromatic nitrogens is 1. The smallest absolute Gasteiger partial charge is 0.225 e. The minimum Gasteiger partial charge on any atom is -0.356 e. The van der Waals surface area contributed by atoms with E-state index in [-0.39, 0.29) is 35.9 Å². The number of rotatable bonds is 6. The van der Waals surface area contributed by atoms with Gasteiger partial charge in [-0.1, -0.05) is 32.8 Å². The van der Waals surface area contributed by atoms with E-state index in [1.165, 1.54) is 18.4 Å². The van der Waals surface area contributed by atoms with Gasteiger partial charge in [-0.3, -0.25) is 14.8 Å². The molecule has 2 N–H and O–H groups in total. The highest BCUT2D eigenvalue weighted by molar-refractivity contribution is 14.0. The Bertz CT molecular complexity index is 660. The van der Waals surface area contributed by atoms with Crippen LogP contribution < -0.4 is 10.6 Å². The first-order valence-electron chi connectivity index (χ1n) is 10.7. The molecule has 1 saturated carbocycles. The lowest BCUT2D eigenvalue weighted by atomic mass is 9.89. The molecule has 2 unspecified atom stereocenters. The van der Waals surface area contributed by atoms with E-state index in [0.717, 1.165) is 44.9 Å². The number of pyridine rings is 1. The van der Waals surface area contributed by atoms with Crippen molar-refractivity contribution in [3.05, 3.63) is 30.1 Å². The molecule has 2 atom stereocenters. The van der Waals surface area contributed by atoms with Gasteiger partial charge in [0.1, 0.15) is 0 Å². The fourth-order valence-electron chi connectivity index (χ4n) is 4.44. The normalized spacial score (nSPS) is 21.2. The van der Waals surface area contributed by atoms with Crippen LogP contribution in [0.15, 0.2) is 29.5 Å². The average molecular weight is 513 g/mol. The monoisotopic (exact) mass is 513 g/mol. The number of likely N-dealkylation sites (tertiary alicyclic amines) is 1. The van der Waals surface area contributed by atoms with E-state index >= 15 is 0 Å². The number of carbonyl (C=O) groups is 1. The minimum atomic E-state index is 0. The summed E-state index contributed by atoms with van der Waals surface area (Å²) in [5, 5.41) is 7.00. The Hall–Kier alpha value is -1.38. The van der Waals surface area contributed by atoms with Gasteiger partial charge in [0.15, 0.2) is 5.96 Å². The van der Waals surface area contributed by atoms with E-state index in [1.807, 2.05) is 23.4 Å². The molecule has 1 saturated heterocycles. The summed E-state index contributed by atoms with van der Waals surface area (Å²) in [5.41, 5.74) is 1.25. The molecule has 6 nitrogen and oxygen atoms in total. The number of guanidine groups is 1. The van der Waals surface area contributed by atoms with Crippen LogP contribution in [0.25, 0.3) is 0 Å². The van der Waals surface area contributed by atoms with Gasteiger partial charge in [-0.2, -0.15) is 0 Å². The van der Waals surface area contributed by atoms with Gasteiger partial charge in [0.2, 0.25) is 5.91 Å². The molecule has 29 heavy (non-hydrogen) atoms. The highest BCUT2D eigenvalue weighted by atomic mass is 127. The van der Waals surface area contributed by atoms with Gasteiger partial charge in [-0.15, -0.1) is 24.0 Å². The lowest BCUT2D eigenvalue weighted by molar-refractivity contribution is -0.134. The molecule has 0 bridgehead atoms. The predicted octanol–water partition coefficient (Wildman–Crippen LogP) is 3.40. The van der Waals surface area contributed by atoms with Crippen LogP contribution >= 0.6 is 24.0 Å². The van der Waals surface area contributed by atoms with Crippen molar-refractivity contribution in [2.45, 2.75) is 57.9 Å². The maximum absolute atomic E-state index is 12.6. The summed E-state index contributed by atoms with van der Waals surface area (Å²) in [6.45, 7) is 6.92. The summed E-state index contributed by atoms with van der Waals surface area (Å²) < 4.78 is 0. The van der Waals surface area contributed by atoms with Crippen LogP contribution in [0.1, 0.15) is 57.4 Å². The molecule has 0 radical (unpaired) electrons. The zero-order valence-electron chi connectivity index (χ0n) is 17.9. The number of hydrogen-bond donors (Lipinski definition) is 2. The van der Waals surface area contributed by atoms with Crippen LogP contribution in [0.3, 0.4) is 0 Å². The maximum Gasteiger partial charge on any atom is 0.225 e. The fourth-order valence-corrected chi connectivity index (χ4v) is 4.44. The Morgan fingerprint density at radius 1 is 1.31 bits per heavy atom. The van der Waals surface area contributed by atoms with Crippen LogP contribution in [0, 0.1) is 11.8 Å².